The lowest BCUT2D eigenvalue weighted by molar-refractivity contribution is 0.102. The summed E-state index contributed by atoms with van der Waals surface area (Å²) in [5.41, 5.74) is 3.01. The molecule has 1 fully saturated rings. The lowest BCUT2D eigenvalue weighted by Gasteiger charge is -2.20. The van der Waals surface area contributed by atoms with E-state index in [4.69, 9.17) is 4.74 Å². The van der Waals surface area contributed by atoms with Crippen LogP contribution < -0.4 is 15.0 Å². The molecule has 0 unspecified atom stereocenters. The van der Waals surface area contributed by atoms with Crippen molar-refractivity contribution in [2.45, 2.75) is 32.6 Å². The first-order valence-corrected chi connectivity index (χ1v) is 11.0. The minimum absolute atomic E-state index is 0.196. The summed E-state index contributed by atoms with van der Waals surface area (Å²) in [5.74, 6) is 1.33. The van der Waals surface area contributed by atoms with Crippen LogP contribution in [0.2, 0.25) is 0 Å². The average molecular weight is 417 g/mol. The molecule has 2 heterocycles. The first kappa shape index (κ1) is 20.8. The molecule has 0 bridgehead atoms. The standard InChI is InChI=1S/C25H28N4O2/c1-2-31-23-10-6-5-9-21(23)25(30)26-20-13-11-19(12-14-20)22-15-16-24(28-27-22)29-17-7-3-4-8-18-29/h5-6,9-16H,2-4,7-8,17-18H2,1H3,(H,26,30). The van der Waals surface area contributed by atoms with Crippen LogP contribution in [0.25, 0.3) is 11.3 Å². The minimum atomic E-state index is -0.196. The van der Waals surface area contributed by atoms with Gasteiger partial charge in [0.2, 0.25) is 0 Å². The number of amides is 1. The molecular weight excluding hydrogens is 388 g/mol. The molecule has 1 aliphatic heterocycles. The van der Waals surface area contributed by atoms with Gasteiger partial charge in [0.15, 0.2) is 5.82 Å². The number of carbonyl (C=O) groups excluding carboxylic acids is 1. The van der Waals surface area contributed by atoms with E-state index in [1.165, 1.54) is 25.7 Å². The van der Waals surface area contributed by atoms with Gasteiger partial charge in [-0.1, -0.05) is 37.1 Å². The number of ether oxygens (including phenoxy) is 1. The van der Waals surface area contributed by atoms with Crippen molar-refractivity contribution in [2.75, 3.05) is 29.9 Å². The highest BCUT2D eigenvalue weighted by molar-refractivity contribution is 6.06. The zero-order valence-corrected chi connectivity index (χ0v) is 17.9. The van der Waals surface area contributed by atoms with Gasteiger partial charge in [0.25, 0.3) is 5.91 Å². The molecule has 6 nitrogen and oxygen atoms in total. The molecular formula is C25H28N4O2. The number of benzene rings is 2. The van der Waals surface area contributed by atoms with Gasteiger partial charge >= 0.3 is 0 Å². The fourth-order valence-corrected chi connectivity index (χ4v) is 3.81. The summed E-state index contributed by atoms with van der Waals surface area (Å²) >= 11 is 0. The largest absolute Gasteiger partial charge is 0.493 e. The van der Waals surface area contributed by atoms with Crippen molar-refractivity contribution in [1.82, 2.24) is 10.2 Å². The third-order valence-electron chi connectivity index (χ3n) is 5.45. The van der Waals surface area contributed by atoms with E-state index in [1.54, 1.807) is 12.1 Å². The summed E-state index contributed by atoms with van der Waals surface area (Å²) in [6.07, 6.45) is 5.02. The fraction of sp³-hybridized carbons (Fsp3) is 0.320. The van der Waals surface area contributed by atoms with Gasteiger partial charge in [0.1, 0.15) is 5.75 Å². The zero-order chi connectivity index (χ0) is 21.5. The van der Waals surface area contributed by atoms with Gasteiger partial charge in [-0.2, -0.15) is 0 Å². The molecule has 4 rings (SSSR count). The van der Waals surface area contributed by atoms with Crippen molar-refractivity contribution < 1.29 is 9.53 Å². The second-order valence-electron chi connectivity index (χ2n) is 7.64. The second kappa shape index (κ2) is 10.1. The van der Waals surface area contributed by atoms with Crippen LogP contribution in [0.15, 0.2) is 60.7 Å². The number of nitrogens with one attached hydrogen (secondary N) is 1. The Hall–Kier alpha value is -3.41. The smallest absolute Gasteiger partial charge is 0.259 e. The van der Waals surface area contributed by atoms with E-state index in [0.29, 0.717) is 23.6 Å². The van der Waals surface area contributed by atoms with Crippen LogP contribution in [0.1, 0.15) is 43.0 Å². The van der Waals surface area contributed by atoms with Gasteiger partial charge < -0.3 is 15.0 Å². The number of anilines is 2. The third-order valence-corrected chi connectivity index (χ3v) is 5.45. The van der Waals surface area contributed by atoms with Gasteiger partial charge in [-0.3, -0.25) is 4.79 Å². The number of rotatable bonds is 6. The molecule has 0 radical (unpaired) electrons. The van der Waals surface area contributed by atoms with E-state index in [2.05, 4.69) is 20.4 Å². The van der Waals surface area contributed by atoms with Crippen molar-refractivity contribution in [2.24, 2.45) is 0 Å². The Morgan fingerprint density at radius 1 is 0.935 bits per heavy atom. The average Bonchev–Trinajstić information content (AvgIpc) is 3.10. The maximum atomic E-state index is 12.7. The molecule has 1 aliphatic rings. The number of hydrogen-bond acceptors (Lipinski definition) is 5. The van der Waals surface area contributed by atoms with E-state index in [-0.39, 0.29) is 5.91 Å². The monoisotopic (exact) mass is 416 g/mol. The van der Waals surface area contributed by atoms with E-state index in [0.717, 1.165) is 30.2 Å². The van der Waals surface area contributed by atoms with Crippen molar-refractivity contribution >= 4 is 17.4 Å². The Morgan fingerprint density at radius 2 is 1.68 bits per heavy atom. The minimum Gasteiger partial charge on any atom is -0.493 e. The normalized spacial score (nSPS) is 14.0. The first-order valence-electron chi connectivity index (χ1n) is 11.0. The molecule has 0 aliphatic carbocycles. The van der Waals surface area contributed by atoms with Gasteiger partial charge in [0.05, 0.1) is 17.9 Å². The van der Waals surface area contributed by atoms with E-state index in [1.807, 2.05) is 55.5 Å². The summed E-state index contributed by atoms with van der Waals surface area (Å²) < 4.78 is 5.55. The number of para-hydroxylation sites is 1. The predicted molar refractivity (Wildman–Crippen MR) is 124 cm³/mol. The molecule has 0 spiro atoms. The van der Waals surface area contributed by atoms with Crippen LogP contribution in [0.4, 0.5) is 11.5 Å². The molecule has 1 saturated heterocycles. The highest BCUT2D eigenvalue weighted by Gasteiger charge is 2.13. The first-order chi connectivity index (χ1) is 15.2. The molecule has 31 heavy (non-hydrogen) atoms. The van der Waals surface area contributed by atoms with Gasteiger partial charge in [0, 0.05) is 24.3 Å². The molecule has 1 amide bonds. The van der Waals surface area contributed by atoms with Gasteiger partial charge in [-0.15, -0.1) is 10.2 Å². The number of hydrogen-bond donors (Lipinski definition) is 1. The van der Waals surface area contributed by atoms with Crippen molar-refractivity contribution in [3.8, 4) is 17.0 Å². The maximum Gasteiger partial charge on any atom is 0.259 e. The second-order valence-corrected chi connectivity index (χ2v) is 7.64. The molecule has 6 heteroatoms. The summed E-state index contributed by atoms with van der Waals surface area (Å²) in [7, 11) is 0. The molecule has 160 valence electrons. The molecule has 3 aromatic rings. The van der Waals surface area contributed by atoms with Crippen LogP contribution in [-0.2, 0) is 0 Å². The highest BCUT2D eigenvalue weighted by Crippen LogP contribution is 2.24. The van der Waals surface area contributed by atoms with Crippen molar-refractivity contribution in [3.63, 3.8) is 0 Å². The topological polar surface area (TPSA) is 67.3 Å². The summed E-state index contributed by atoms with van der Waals surface area (Å²) in [5, 5.41) is 11.8. The van der Waals surface area contributed by atoms with Crippen molar-refractivity contribution in [3.05, 3.63) is 66.2 Å². The Morgan fingerprint density at radius 3 is 2.35 bits per heavy atom. The Balaban J connectivity index is 1.43. The Bertz CT molecular complexity index is 995. The number of aromatic nitrogens is 2. The number of nitrogens with zero attached hydrogens (tertiary/aromatic N) is 3. The molecule has 0 atom stereocenters. The van der Waals surface area contributed by atoms with Crippen LogP contribution in [0, 0.1) is 0 Å². The zero-order valence-electron chi connectivity index (χ0n) is 17.9. The fourth-order valence-electron chi connectivity index (χ4n) is 3.81. The van der Waals surface area contributed by atoms with Gasteiger partial charge in [-0.05, 0) is 56.2 Å². The van der Waals surface area contributed by atoms with Crippen LogP contribution in [0.5, 0.6) is 5.75 Å². The van der Waals surface area contributed by atoms with E-state index in [9.17, 15) is 4.79 Å². The van der Waals surface area contributed by atoms with Gasteiger partial charge in [-0.25, -0.2) is 0 Å². The SMILES string of the molecule is CCOc1ccccc1C(=O)Nc1ccc(-c2ccc(N3CCCCCC3)nn2)cc1. The molecule has 1 aromatic heterocycles. The van der Waals surface area contributed by atoms with Crippen LogP contribution in [-0.4, -0.2) is 35.8 Å². The molecule has 1 N–H and O–H groups in total. The Labute approximate surface area is 183 Å². The predicted octanol–water partition coefficient (Wildman–Crippen LogP) is 5.18. The lowest BCUT2D eigenvalue weighted by atomic mass is 10.1. The Kier molecular flexibility index (Phi) is 6.77. The van der Waals surface area contributed by atoms with Crippen LogP contribution in [0.3, 0.4) is 0 Å². The van der Waals surface area contributed by atoms with Crippen molar-refractivity contribution in [1.29, 1.82) is 0 Å². The summed E-state index contributed by atoms with van der Waals surface area (Å²) in [6.45, 7) is 4.51. The molecule has 0 saturated carbocycles. The maximum absolute atomic E-state index is 12.7. The highest BCUT2D eigenvalue weighted by atomic mass is 16.5. The van der Waals surface area contributed by atoms with E-state index < -0.39 is 0 Å². The lowest BCUT2D eigenvalue weighted by Crippen LogP contribution is -2.25. The third kappa shape index (κ3) is 5.20. The quantitative estimate of drug-likeness (QED) is 0.600. The molecule has 2 aromatic carbocycles. The number of carbonyl (C=O) groups is 1. The summed E-state index contributed by atoms with van der Waals surface area (Å²) in [4.78, 5) is 15.0. The van der Waals surface area contributed by atoms with Crippen LogP contribution >= 0.6 is 0 Å². The summed E-state index contributed by atoms with van der Waals surface area (Å²) in [6, 6.07) is 18.9. The van der Waals surface area contributed by atoms with E-state index >= 15 is 0 Å².